The zero-order valence-corrected chi connectivity index (χ0v) is 14.5. The summed E-state index contributed by atoms with van der Waals surface area (Å²) in [7, 11) is 0. The van der Waals surface area contributed by atoms with Gasteiger partial charge in [0.25, 0.3) is 0 Å². The smallest absolute Gasteiger partial charge is 0.303 e. The predicted octanol–water partition coefficient (Wildman–Crippen LogP) is 3.88. The van der Waals surface area contributed by atoms with Crippen LogP contribution < -0.4 is 0 Å². The van der Waals surface area contributed by atoms with Gasteiger partial charge in [0.1, 0.15) is 6.10 Å². The van der Waals surface area contributed by atoms with Gasteiger partial charge in [-0.2, -0.15) is 0 Å². The Kier molecular flexibility index (Phi) is 5.42. The average Bonchev–Trinajstić information content (AvgIpc) is 2.67. The highest BCUT2D eigenvalue weighted by Crippen LogP contribution is 2.33. The number of esters is 1. The van der Waals surface area contributed by atoms with Crippen molar-refractivity contribution in [2.75, 3.05) is 0 Å². The van der Waals surface area contributed by atoms with E-state index in [4.69, 9.17) is 4.74 Å². The Morgan fingerprint density at radius 3 is 1.92 bits per heavy atom. The van der Waals surface area contributed by atoms with Crippen LogP contribution in [0.25, 0.3) is 0 Å². The van der Waals surface area contributed by atoms with Gasteiger partial charge in [-0.3, -0.25) is 14.4 Å². The van der Waals surface area contributed by atoms with Gasteiger partial charge < -0.3 is 4.74 Å². The van der Waals surface area contributed by atoms with Crippen molar-refractivity contribution in [2.45, 2.75) is 19.4 Å². The van der Waals surface area contributed by atoms with Gasteiger partial charge in [0.05, 0.1) is 5.92 Å². The maximum absolute atomic E-state index is 13.2. The first-order chi connectivity index (χ1) is 12.6. The number of hydrogen-bond donors (Lipinski definition) is 0. The number of ketones is 2. The van der Waals surface area contributed by atoms with Crippen LogP contribution in [0, 0.1) is 11.8 Å². The SMILES string of the molecule is CC(=O)OC1C=CC[C@@H](C(=O)c2ccccc2)[C@@H]1C(=O)c1ccccc1. The number of carbonyl (C=O) groups excluding carboxylic acids is 3. The molecule has 0 aliphatic heterocycles. The van der Waals surface area contributed by atoms with Crippen molar-refractivity contribution in [1.82, 2.24) is 0 Å². The third kappa shape index (κ3) is 3.80. The lowest BCUT2D eigenvalue weighted by atomic mass is 9.73. The number of hydrogen-bond acceptors (Lipinski definition) is 4. The normalized spacial score (nSPS) is 21.8. The monoisotopic (exact) mass is 348 g/mol. The summed E-state index contributed by atoms with van der Waals surface area (Å²) in [5.74, 6) is -2.08. The molecule has 0 radical (unpaired) electrons. The summed E-state index contributed by atoms with van der Waals surface area (Å²) in [6.07, 6.45) is 3.22. The number of carbonyl (C=O) groups is 3. The van der Waals surface area contributed by atoms with Crippen molar-refractivity contribution < 1.29 is 19.1 Å². The van der Waals surface area contributed by atoms with E-state index in [-0.39, 0.29) is 11.6 Å². The molecular weight excluding hydrogens is 328 g/mol. The van der Waals surface area contributed by atoms with E-state index in [1.165, 1.54) is 6.92 Å². The van der Waals surface area contributed by atoms with E-state index < -0.39 is 23.9 Å². The van der Waals surface area contributed by atoms with E-state index in [1.54, 1.807) is 54.6 Å². The average molecular weight is 348 g/mol. The zero-order valence-electron chi connectivity index (χ0n) is 14.5. The van der Waals surface area contributed by atoms with Gasteiger partial charge in [0, 0.05) is 24.0 Å². The number of Topliss-reactive ketones (excluding diaryl/α,β-unsaturated/α-hetero) is 2. The van der Waals surface area contributed by atoms with E-state index in [1.807, 2.05) is 18.2 Å². The molecule has 0 saturated carbocycles. The van der Waals surface area contributed by atoms with Gasteiger partial charge in [-0.25, -0.2) is 0 Å². The minimum atomic E-state index is -0.744. The molecule has 0 N–H and O–H groups in total. The molecule has 0 amide bonds. The second-order valence-corrected chi connectivity index (χ2v) is 6.33. The zero-order chi connectivity index (χ0) is 18.5. The summed E-state index contributed by atoms with van der Waals surface area (Å²) in [5, 5.41) is 0. The van der Waals surface area contributed by atoms with Crippen molar-refractivity contribution in [1.29, 1.82) is 0 Å². The van der Waals surface area contributed by atoms with Gasteiger partial charge in [-0.15, -0.1) is 0 Å². The first kappa shape index (κ1) is 17.8. The Morgan fingerprint density at radius 2 is 1.38 bits per heavy atom. The van der Waals surface area contributed by atoms with Crippen molar-refractivity contribution in [3.8, 4) is 0 Å². The molecule has 0 saturated heterocycles. The topological polar surface area (TPSA) is 60.4 Å². The van der Waals surface area contributed by atoms with Crippen molar-refractivity contribution >= 4 is 17.5 Å². The molecule has 4 nitrogen and oxygen atoms in total. The predicted molar refractivity (Wildman–Crippen MR) is 97.8 cm³/mol. The fraction of sp³-hybridized carbons (Fsp3) is 0.227. The summed E-state index contributed by atoms with van der Waals surface area (Å²) in [5.41, 5.74) is 1.07. The van der Waals surface area contributed by atoms with Crippen LogP contribution >= 0.6 is 0 Å². The molecule has 1 aliphatic carbocycles. The Labute approximate surface area is 152 Å². The van der Waals surface area contributed by atoms with E-state index in [2.05, 4.69) is 0 Å². The number of ether oxygens (including phenoxy) is 1. The lowest BCUT2D eigenvalue weighted by Gasteiger charge is -2.32. The van der Waals surface area contributed by atoms with Gasteiger partial charge in [0.2, 0.25) is 0 Å². The van der Waals surface area contributed by atoms with Crippen LogP contribution in [0.1, 0.15) is 34.1 Å². The minimum absolute atomic E-state index is 0.110. The Balaban J connectivity index is 1.98. The fourth-order valence-electron chi connectivity index (χ4n) is 3.37. The molecule has 0 bridgehead atoms. The molecular formula is C22H20O4. The van der Waals surface area contributed by atoms with E-state index in [0.717, 1.165) is 0 Å². The highest BCUT2D eigenvalue weighted by atomic mass is 16.5. The molecule has 1 aliphatic rings. The highest BCUT2D eigenvalue weighted by molar-refractivity contribution is 6.05. The molecule has 2 aromatic rings. The maximum atomic E-state index is 13.2. The highest BCUT2D eigenvalue weighted by Gasteiger charge is 2.42. The second kappa shape index (κ2) is 7.91. The molecule has 132 valence electrons. The molecule has 2 aromatic carbocycles. The van der Waals surface area contributed by atoms with Gasteiger partial charge >= 0.3 is 5.97 Å². The minimum Gasteiger partial charge on any atom is -0.458 e. The second-order valence-electron chi connectivity index (χ2n) is 6.33. The third-order valence-corrected chi connectivity index (χ3v) is 4.56. The molecule has 0 heterocycles. The van der Waals surface area contributed by atoms with Crippen molar-refractivity contribution in [2.24, 2.45) is 11.8 Å². The van der Waals surface area contributed by atoms with Gasteiger partial charge in [0.15, 0.2) is 11.6 Å². The first-order valence-electron chi connectivity index (χ1n) is 8.60. The fourth-order valence-corrected chi connectivity index (χ4v) is 3.37. The van der Waals surface area contributed by atoms with E-state index in [9.17, 15) is 14.4 Å². The molecule has 3 rings (SSSR count). The summed E-state index contributed by atoms with van der Waals surface area (Å²) < 4.78 is 5.36. The van der Waals surface area contributed by atoms with Crippen LogP contribution in [0.3, 0.4) is 0 Å². The lowest BCUT2D eigenvalue weighted by Crippen LogP contribution is -2.41. The maximum Gasteiger partial charge on any atom is 0.303 e. The molecule has 0 spiro atoms. The van der Waals surface area contributed by atoms with E-state index in [0.29, 0.717) is 17.5 Å². The summed E-state index contributed by atoms with van der Waals surface area (Å²) in [6.45, 7) is 1.31. The Hall–Kier alpha value is -3.01. The number of allylic oxidation sites excluding steroid dienone is 1. The number of benzene rings is 2. The van der Waals surface area contributed by atoms with Crippen LogP contribution in [-0.4, -0.2) is 23.6 Å². The van der Waals surface area contributed by atoms with Crippen molar-refractivity contribution in [3.63, 3.8) is 0 Å². The quantitative estimate of drug-likeness (QED) is 0.467. The largest absolute Gasteiger partial charge is 0.458 e. The molecule has 4 heteroatoms. The van der Waals surface area contributed by atoms with Crippen LogP contribution in [0.2, 0.25) is 0 Å². The van der Waals surface area contributed by atoms with E-state index >= 15 is 0 Å². The van der Waals surface area contributed by atoms with Crippen molar-refractivity contribution in [3.05, 3.63) is 83.9 Å². The molecule has 3 atom stereocenters. The lowest BCUT2D eigenvalue weighted by molar-refractivity contribution is -0.146. The molecule has 0 aromatic heterocycles. The summed E-state index contributed by atoms with van der Waals surface area (Å²) in [6, 6.07) is 17.7. The summed E-state index contributed by atoms with van der Waals surface area (Å²) in [4.78, 5) is 37.7. The van der Waals surface area contributed by atoms with Crippen LogP contribution in [0.4, 0.5) is 0 Å². The Morgan fingerprint density at radius 1 is 0.846 bits per heavy atom. The molecule has 0 fully saturated rings. The Bertz CT molecular complexity index is 824. The van der Waals surface area contributed by atoms with Crippen LogP contribution in [-0.2, 0) is 9.53 Å². The van der Waals surface area contributed by atoms with Gasteiger partial charge in [-0.05, 0) is 12.5 Å². The molecule has 1 unspecified atom stereocenters. The summed E-state index contributed by atoms with van der Waals surface area (Å²) >= 11 is 0. The van der Waals surface area contributed by atoms with Crippen LogP contribution in [0.5, 0.6) is 0 Å². The number of rotatable bonds is 5. The first-order valence-corrected chi connectivity index (χ1v) is 8.60. The standard InChI is InChI=1S/C22H20O4/c1-15(23)26-19-14-8-13-18(21(24)16-9-4-2-5-10-16)20(19)22(25)17-11-6-3-7-12-17/h2-12,14,18-20H,13H2,1H3/t18-,19?,20+/m1/s1. The molecule has 26 heavy (non-hydrogen) atoms. The third-order valence-electron chi connectivity index (χ3n) is 4.56. The van der Waals surface area contributed by atoms with Gasteiger partial charge in [-0.1, -0.05) is 66.7 Å². The van der Waals surface area contributed by atoms with Crippen LogP contribution in [0.15, 0.2) is 72.8 Å².